The molecule has 5 nitrogen and oxygen atoms in total. The SMILES string of the molecule is CC(C)NC(=O)CC(O)C(=O)O. The Balaban J connectivity index is 3.77. The summed E-state index contributed by atoms with van der Waals surface area (Å²) >= 11 is 0. The molecule has 1 unspecified atom stereocenters. The maximum Gasteiger partial charge on any atom is 0.333 e. The minimum atomic E-state index is -1.61. The molecule has 12 heavy (non-hydrogen) atoms. The Hall–Kier alpha value is -1.10. The predicted octanol–water partition coefficient (Wildman–Crippen LogP) is -0.653. The summed E-state index contributed by atoms with van der Waals surface area (Å²) in [6.07, 6.45) is -2.00. The fourth-order valence-electron chi connectivity index (χ4n) is 0.644. The van der Waals surface area contributed by atoms with Gasteiger partial charge in [-0.1, -0.05) is 0 Å². The Kier molecular flexibility index (Phi) is 4.28. The highest BCUT2D eigenvalue weighted by molar-refractivity contribution is 5.83. The van der Waals surface area contributed by atoms with Crippen molar-refractivity contribution in [1.82, 2.24) is 5.32 Å². The number of aliphatic hydroxyl groups excluding tert-OH is 1. The first kappa shape index (κ1) is 10.9. The molecule has 0 aromatic carbocycles. The molecule has 3 N–H and O–H groups in total. The summed E-state index contributed by atoms with van der Waals surface area (Å²) in [6, 6.07) is -0.0431. The monoisotopic (exact) mass is 175 g/mol. The van der Waals surface area contributed by atoms with Crippen LogP contribution in [0.15, 0.2) is 0 Å². The van der Waals surface area contributed by atoms with E-state index in [9.17, 15) is 9.59 Å². The van der Waals surface area contributed by atoms with Crippen LogP contribution in [0.2, 0.25) is 0 Å². The van der Waals surface area contributed by atoms with Gasteiger partial charge >= 0.3 is 5.97 Å². The van der Waals surface area contributed by atoms with Gasteiger partial charge < -0.3 is 15.5 Å². The molecule has 0 saturated carbocycles. The number of carbonyl (C=O) groups is 2. The van der Waals surface area contributed by atoms with Crippen LogP contribution in [-0.2, 0) is 9.59 Å². The lowest BCUT2D eigenvalue weighted by atomic mass is 10.2. The van der Waals surface area contributed by atoms with Crippen molar-refractivity contribution < 1.29 is 19.8 Å². The van der Waals surface area contributed by atoms with Gasteiger partial charge in [0.1, 0.15) is 0 Å². The van der Waals surface area contributed by atoms with E-state index < -0.39 is 24.4 Å². The average molecular weight is 175 g/mol. The lowest BCUT2D eigenvalue weighted by molar-refractivity contribution is -0.149. The van der Waals surface area contributed by atoms with Crippen LogP contribution in [0.4, 0.5) is 0 Å². The third kappa shape index (κ3) is 4.68. The van der Waals surface area contributed by atoms with Gasteiger partial charge in [0.2, 0.25) is 5.91 Å². The fraction of sp³-hybridized carbons (Fsp3) is 0.714. The summed E-state index contributed by atoms with van der Waals surface area (Å²) in [5, 5.41) is 19.5. The van der Waals surface area contributed by atoms with Gasteiger partial charge in [0.25, 0.3) is 0 Å². The minimum absolute atomic E-state index is 0.0431. The van der Waals surface area contributed by atoms with E-state index in [1.54, 1.807) is 13.8 Å². The largest absolute Gasteiger partial charge is 0.479 e. The fourth-order valence-corrected chi connectivity index (χ4v) is 0.644. The molecule has 0 bridgehead atoms. The highest BCUT2D eigenvalue weighted by Crippen LogP contribution is 1.92. The summed E-state index contributed by atoms with van der Waals surface area (Å²) in [4.78, 5) is 20.9. The number of hydrogen-bond acceptors (Lipinski definition) is 3. The van der Waals surface area contributed by atoms with E-state index in [2.05, 4.69) is 5.32 Å². The van der Waals surface area contributed by atoms with Gasteiger partial charge in [-0.05, 0) is 13.8 Å². The third-order valence-electron chi connectivity index (χ3n) is 1.11. The van der Waals surface area contributed by atoms with Crippen LogP contribution in [0, 0.1) is 0 Å². The van der Waals surface area contributed by atoms with Gasteiger partial charge in [-0.15, -0.1) is 0 Å². The molecule has 1 atom stereocenters. The topological polar surface area (TPSA) is 86.6 Å². The van der Waals surface area contributed by atoms with Crippen LogP contribution >= 0.6 is 0 Å². The molecule has 0 aromatic heterocycles. The molecule has 0 aliphatic heterocycles. The Labute approximate surface area is 70.4 Å². The lowest BCUT2D eigenvalue weighted by Gasteiger charge is -2.09. The second-order valence-electron chi connectivity index (χ2n) is 2.78. The zero-order chi connectivity index (χ0) is 9.72. The molecule has 5 heteroatoms. The molecule has 0 aliphatic carbocycles. The predicted molar refractivity (Wildman–Crippen MR) is 41.5 cm³/mol. The second kappa shape index (κ2) is 4.71. The second-order valence-corrected chi connectivity index (χ2v) is 2.78. The third-order valence-corrected chi connectivity index (χ3v) is 1.11. The molecule has 0 radical (unpaired) electrons. The molecule has 1 amide bonds. The molecule has 0 fully saturated rings. The van der Waals surface area contributed by atoms with Crippen LogP contribution in [0.1, 0.15) is 20.3 Å². The van der Waals surface area contributed by atoms with Crippen molar-refractivity contribution in [2.75, 3.05) is 0 Å². The first-order valence-corrected chi connectivity index (χ1v) is 3.63. The maximum absolute atomic E-state index is 10.8. The normalized spacial score (nSPS) is 12.7. The molecule has 0 aromatic rings. The molecule has 0 rings (SSSR count). The first-order valence-electron chi connectivity index (χ1n) is 3.63. The quantitative estimate of drug-likeness (QED) is 0.529. The molecule has 70 valence electrons. The summed E-state index contributed by atoms with van der Waals surface area (Å²) < 4.78 is 0. The van der Waals surface area contributed by atoms with Crippen molar-refractivity contribution in [3.05, 3.63) is 0 Å². The average Bonchev–Trinajstić information content (AvgIpc) is 1.84. The smallest absolute Gasteiger partial charge is 0.333 e. The molecule has 0 saturated heterocycles. The van der Waals surface area contributed by atoms with Gasteiger partial charge in [-0.3, -0.25) is 4.79 Å². The molecular formula is C7H13NO4. The van der Waals surface area contributed by atoms with Gasteiger partial charge in [-0.2, -0.15) is 0 Å². The Morgan fingerprint density at radius 1 is 1.42 bits per heavy atom. The Bertz CT molecular complexity index is 178. The number of rotatable bonds is 4. The number of carboxylic acid groups (broad SMARTS) is 1. The highest BCUT2D eigenvalue weighted by atomic mass is 16.4. The maximum atomic E-state index is 10.8. The lowest BCUT2D eigenvalue weighted by Crippen LogP contribution is -2.34. The van der Waals surface area contributed by atoms with Gasteiger partial charge in [0.15, 0.2) is 6.10 Å². The van der Waals surface area contributed by atoms with Crippen molar-refractivity contribution in [3.63, 3.8) is 0 Å². The zero-order valence-electron chi connectivity index (χ0n) is 7.07. The van der Waals surface area contributed by atoms with Crippen molar-refractivity contribution in [3.8, 4) is 0 Å². The van der Waals surface area contributed by atoms with E-state index in [0.29, 0.717) is 0 Å². The standard InChI is InChI=1S/C7H13NO4/c1-4(2)8-6(10)3-5(9)7(11)12/h4-5,9H,3H2,1-2H3,(H,8,10)(H,11,12). The van der Waals surface area contributed by atoms with Crippen molar-refractivity contribution in [1.29, 1.82) is 0 Å². The Morgan fingerprint density at radius 3 is 2.25 bits per heavy atom. The molecule has 0 spiro atoms. The van der Waals surface area contributed by atoms with Crippen molar-refractivity contribution in [2.24, 2.45) is 0 Å². The molecule has 0 heterocycles. The van der Waals surface area contributed by atoms with Gasteiger partial charge in [-0.25, -0.2) is 4.79 Å². The summed E-state index contributed by atoms with van der Waals surface area (Å²) in [5.41, 5.74) is 0. The van der Waals surface area contributed by atoms with Crippen LogP contribution in [0.5, 0.6) is 0 Å². The van der Waals surface area contributed by atoms with E-state index in [1.165, 1.54) is 0 Å². The minimum Gasteiger partial charge on any atom is -0.479 e. The van der Waals surface area contributed by atoms with Gasteiger partial charge in [0, 0.05) is 6.04 Å². The van der Waals surface area contributed by atoms with Crippen LogP contribution in [0.3, 0.4) is 0 Å². The summed E-state index contributed by atoms with van der Waals surface area (Å²) in [5.74, 6) is -1.84. The first-order chi connectivity index (χ1) is 5.43. The van der Waals surface area contributed by atoms with Crippen LogP contribution in [-0.4, -0.2) is 34.2 Å². The van der Waals surface area contributed by atoms with Crippen LogP contribution < -0.4 is 5.32 Å². The number of carboxylic acids is 1. The Morgan fingerprint density at radius 2 is 1.92 bits per heavy atom. The molecular weight excluding hydrogens is 162 g/mol. The van der Waals surface area contributed by atoms with Gasteiger partial charge in [0.05, 0.1) is 6.42 Å². The summed E-state index contributed by atoms with van der Waals surface area (Å²) in [7, 11) is 0. The number of carbonyl (C=O) groups excluding carboxylic acids is 1. The van der Waals surface area contributed by atoms with Crippen molar-refractivity contribution in [2.45, 2.75) is 32.4 Å². The van der Waals surface area contributed by atoms with E-state index in [-0.39, 0.29) is 6.04 Å². The van der Waals surface area contributed by atoms with E-state index >= 15 is 0 Å². The number of amides is 1. The van der Waals surface area contributed by atoms with E-state index in [1.807, 2.05) is 0 Å². The van der Waals surface area contributed by atoms with Crippen LogP contribution in [0.25, 0.3) is 0 Å². The number of aliphatic carboxylic acids is 1. The summed E-state index contributed by atoms with van der Waals surface area (Å²) in [6.45, 7) is 3.51. The highest BCUT2D eigenvalue weighted by Gasteiger charge is 2.17. The number of hydrogen-bond donors (Lipinski definition) is 3. The van der Waals surface area contributed by atoms with E-state index in [0.717, 1.165) is 0 Å². The molecule has 0 aliphatic rings. The van der Waals surface area contributed by atoms with Crippen molar-refractivity contribution >= 4 is 11.9 Å². The number of aliphatic hydroxyl groups is 1. The zero-order valence-corrected chi connectivity index (χ0v) is 7.07. The van der Waals surface area contributed by atoms with E-state index in [4.69, 9.17) is 10.2 Å². The number of nitrogens with one attached hydrogen (secondary N) is 1.